The van der Waals surface area contributed by atoms with Crippen LogP contribution in [-0.4, -0.2) is 68.3 Å². The van der Waals surface area contributed by atoms with Gasteiger partial charge in [0.25, 0.3) is 0 Å². The third kappa shape index (κ3) is 3.30. The van der Waals surface area contributed by atoms with E-state index in [4.69, 9.17) is 10.5 Å². The molecule has 2 bridgehead atoms. The number of hydrogen-bond donors (Lipinski definition) is 1. The first kappa shape index (κ1) is 13.8. The van der Waals surface area contributed by atoms with Crippen molar-refractivity contribution in [2.75, 3.05) is 52.5 Å². The molecule has 3 atom stereocenters. The van der Waals surface area contributed by atoms with E-state index in [9.17, 15) is 0 Å². The number of hydrogen-bond acceptors (Lipinski definition) is 4. The zero-order chi connectivity index (χ0) is 13.1. The third-order valence-electron chi connectivity index (χ3n) is 5.44. The van der Waals surface area contributed by atoms with Crippen LogP contribution in [0.5, 0.6) is 0 Å². The fourth-order valence-electron chi connectivity index (χ4n) is 4.26. The highest BCUT2D eigenvalue weighted by Crippen LogP contribution is 2.40. The molecule has 2 N–H and O–H groups in total. The maximum Gasteiger partial charge on any atom is 0.0594 e. The summed E-state index contributed by atoms with van der Waals surface area (Å²) in [4.78, 5) is 5.32. The molecule has 19 heavy (non-hydrogen) atoms. The maximum absolute atomic E-state index is 5.75. The Morgan fingerprint density at radius 2 is 1.95 bits per heavy atom. The van der Waals surface area contributed by atoms with Gasteiger partial charge >= 0.3 is 0 Å². The molecule has 0 radical (unpaired) electrons. The van der Waals surface area contributed by atoms with Gasteiger partial charge in [0.1, 0.15) is 0 Å². The van der Waals surface area contributed by atoms with Crippen LogP contribution in [0.2, 0.25) is 0 Å². The fourth-order valence-corrected chi connectivity index (χ4v) is 4.26. The zero-order valence-corrected chi connectivity index (χ0v) is 12.1. The zero-order valence-electron chi connectivity index (χ0n) is 12.1. The van der Waals surface area contributed by atoms with Crippen LogP contribution >= 0.6 is 0 Å². The molecular weight excluding hydrogens is 238 g/mol. The SMILES string of the molecule is NCCC1CC2CCC1CN2CCN1CCOCC1. The Morgan fingerprint density at radius 3 is 2.63 bits per heavy atom. The molecule has 1 aliphatic carbocycles. The molecule has 0 amide bonds. The van der Waals surface area contributed by atoms with Crippen molar-refractivity contribution in [2.45, 2.75) is 31.7 Å². The molecule has 3 heterocycles. The Kier molecular flexibility index (Phi) is 4.74. The van der Waals surface area contributed by atoms with E-state index in [1.807, 2.05) is 0 Å². The molecule has 0 aromatic heterocycles. The van der Waals surface area contributed by atoms with Gasteiger partial charge in [-0.1, -0.05) is 0 Å². The molecule has 4 rings (SSSR count). The minimum absolute atomic E-state index is 0.850. The van der Waals surface area contributed by atoms with Crippen molar-refractivity contribution in [1.29, 1.82) is 0 Å². The summed E-state index contributed by atoms with van der Waals surface area (Å²) in [7, 11) is 0. The molecule has 4 aliphatic rings. The van der Waals surface area contributed by atoms with E-state index in [2.05, 4.69) is 9.80 Å². The van der Waals surface area contributed by atoms with E-state index >= 15 is 0 Å². The lowest BCUT2D eigenvalue weighted by atomic mass is 9.71. The highest BCUT2D eigenvalue weighted by molar-refractivity contribution is 4.93. The number of piperidine rings is 2. The second-order valence-electron chi connectivity index (χ2n) is 6.51. The van der Waals surface area contributed by atoms with Crippen molar-refractivity contribution in [3.8, 4) is 0 Å². The van der Waals surface area contributed by atoms with Gasteiger partial charge in [0.15, 0.2) is 0 Å². The third-order valence-corrected chi connectivity index (χ3v) is 5.44. The molecule has 3 aliphatic heterocycles. The number of ether oxygens (including phenoxy) is 1. The van der Waals surface area contributed by atoms with Crippen molar-refractivity contribution < 1.29 is 4.74 Å². The Morgan fingerprint density at radius 1 is 1.11 bits per heavy atom. The van der Waals surface area contributed by atoms with Crippen molar-refractivity contribution >= 4 is 0 Å². The van der Waals surface area contributed by atoms with Gasteiger partial charge < -0.3 is 10.5 Å². The Hall–Kier alpha value is -0.160. The average molecular weight is 267 g/mol. The minimum Gasteiger partial charge on any atom is -0.379 e. The largest absolute Gasteiger partial charge is 0.379 e. The van der Waals surface area contributed by atoms with Crippen molar-refractivity contribution in [3.63, 3.8) is 0 Å². The second-order valence-corrected chi connectivity index (χ2v) is 6.51. The van der Waals surface area contributed by atoms with Gasteiger partial charge in [0.2, 0.25) is 0 Å². The molecule has 0 aromatic rings. The van der Waals surface area contributed by atoms with Gasteiger partial charge in [-0.3, -0.25) is 9.80 Å². The summed E-state index contributed by atoms with van der Waals surface area (Å²) in [6.45, 7) is 8.79. The number of nitrogens with zero attached hydrogens (tertiary/aromatic N) is 2. The number of morpholine rings is 1. The Bertz CT molecular complexity index is 281. The van der Waals surface area contributed by atoms with Crippen molar-refractivity contribution in [2.24, 2.45) is 17.6 Å². The molecule has 4 heteroatoms. The van der Waals surface area contributed by atoms with Gasteiger partial charge in [0.05, 0.1) is 13.2 Å². The van der Waals surface area contributed by atoms with Crippen molar-refractivity contribution in [3.05, 3.63) is 0 Å². The molecule has 3 saturated heterocycles. The molecule has 1 saturated carbocycles. The van der Waals surface area contributed by atoms with Crippen LogP contribution in [0.3, 0.4) is 0 Å². The van der Waals surface area contributed by atoms with Gasteiger partial charge in [-0.2, -0.15) is 0 Å². The lowest BCUT2D eigenvalue weighted by Crippen LogP contribution is -2.54. The standard InChI is InChI=1S/C15H29N3O/c16-4-3-13-11-15-2-1-14(13)12-18(15)6-5-17-7-9-19-10-8-17/h13-15H,1-12,16H2. The van der Waals surface area contributed by atoms with E-state index in [1.165, 1.54) is 45.3 Å². The summed E-state index contributed by atoms with van der Waals surface area (Å²) in [5.41, 5.74) is 5.75. The van der Waals surface area contributed by atoms with Gasteiger partial charge in [-0.05, 0) is 44.1 Å². The van der Waals surface area contributed by atoms with Crippen LogP contribution in [0.1, 0.15) is 25.7 Å². The quantitative estimate of drug-likeness (QED) is 0.799. The monoisotopic (exact) mass is 267 g/mol. The number of rotatable bonds is 5. The topological polar surface area (TPSA) is 41.7 Å². The van der Waals surface area contributed by atoms with Crippen LogP contribution in [-0.2, 0) is 4.74 Å². The number of nitrogens with two attached hydrogens (primary N) is 1. The van der Waals surface area contributed by atoms with E-state index in [-0.39, 0.29) is 0 Å². The van der Waals surface area contributed by atoms with Crippen molar-refractivity contribution in [1.82, 2.24) is 9.80 Å². The smallest absolute Gasteiger partial charge is 0.0594 e. The predicted octanol–water partition coefficient (Wildman–Crippen LogP) is 0.768. The summed E-state index contributed by atoms with van der Waals surface area (Å²) < 4.78 is 5.41. The average Bonchev–Trinajstić information content (AvgIpc) is 2.48. The lowest BCUT2D eigenvalue weighted by Gasteiger charge is -2.50. The van der Waals surface area contributed by atoms with E-state index < -0.39 is 0 Å². The molecule has 0 spiro atoms. The van der Waals surface area contributed by atoms with Gasteiger partial charge in [-0.25, -0.2) is 0 Å². The van der Waals surface area contributed by atoms with Crippen LogP contribution < -0.4 is 5.73 Å². The van der Waals surface area contributed by atoms with Gasteiger partial charge in [0, 0.05) is 38.8 Å². The summed E-state index contributed by atoms with van der Waals surface area (Å²) in [6.07, 6.45) is 5.53. The summed E-state index contributed by atoms with van der Waals surface area (Å²) in [5, 5.41) is 0. The van der Waals surface area contributed by atoms with Crippen LogP contribution in [0.25, 0.3) is 0 Å². The van der Waals surface area contributed by atoms with E-state index in [0.29, 0.717) is 0 Å². The maximum atomic E-state index is 5.75. The first-order valence-corrected chi connectivity index (χ1v) is 8.11. The summed E-state index contributed by atoms with van der Waals surface area (Å²) in [5.74, 6) is 1.85. The van der Waals surface area contributed by atoms with E-state index in [1.54, 1.807) is 0 Å². The molecule has 4 nitrogen and oxygen atoms in total. The molecule has 3 unspecified atom stereocenters. The lowest BCUT2D eigenvalue weighted by molar-refractivity contribution is -0.0125. The highest BCUT2D eigenvalue weighted by Gasteiger charge is 2.39. The van der Waals surface area contributed by atoms with Crippen LogP contribution in [0, 0.1) is 11.8 Å². The van der Waals surface area contributed by atoms with Gasteiger partial charge in [-0.15, -0.1) is 0 Å². The molecule has 0 aromatic carbocycles. The Balaban J connectivity index is 1.45. The van der Waals surface area contributed by atoms with Crippen LogP contribution in [0.4, 0.5) is 0 Å². The predicted molar refractivity (Wildman–Crippen MR) is 77.1 cm³/mol. The first-order chi connectivity index (χ1) is 9.36. The minimum atomic E-state index is 0.850. The summed E-state index contributed by atoms with van der Waals surface area (Å²) in [6, 6.07) is 0.850. The first-order valence-electron chi connectivity index (χ1n) is 8.11. The summed E-state index contributed by atoms with van der Waals surface area (Å²) >= 11 is 0. The molecule has 4 fully saturated rings. The number of fused-ring (bicyclic) bond motifs is 3. The van der Waals surface area contributed by atoms with E-state index in [0.717, 1.165) is 50.7 Å². The second kappa shape index (κ2) is 6.53. The fraction of sp³-hybridized carbons (Fsp3) is 1.00. The molecule has 110 valence electrons. The molecular formula is C15H29N3O. The Labute approximate surface area is 117 Å². The highest BCUT2D eigenvalue weighted by atomic mass is 16.5. The normalized spacial score (nSPS) is 36.8. The van der Waals surface area contributed by atoms with Crippen LogP contribution in [0.15, 0.2) is 0 Å².